The van der Waals surface area contributed by atoms with Gasteiger partial charge in [-0.25, -0.2) is 0 Å². The molecule has 1 aliphatic heterocycles. The second kappa shape index (κ2) is 6.24. The van der Waals surface area contributed by atoms with Crippen molar-refractivity contribution < 1.29 is 12.6 Å². The molecule has 1 aliphatic rings. The van der Waals surface area contributed by atoms with Crippen LogP contribution in [0.4, 0.5) is 0 Å². The molecule has 1 unspecified atom stereocenters. The number of hydrogen-bond acceptors (Lipinski definition) is 4. The molecule has 0 amide bonds. The third kappa shape index (κ3) is 3.81. The summed E-state index contributed by atoms with van der Waals surface area (Å²) in [5.41, 5.74) is 1.03. The molecule has 2 atom stereocenters. The summed E-state index contributed by atoms with van der Waals surface area (Å²) in [6.07, 6.45) is 2.12. The van der Waals surface area contributed by atoms with Crippen LogP contribution >= 0.6 is 0 Å². The van der Waals surface area contributed by atoms with Crippen LogP contribution in [0.15, 0.2) is 29.2 Å². The van der Waals surface area contributed by atoms with Crippen molar-refractivity contribution in [3.63, 3.8) is 0 Å². The molecule has 1 aromatic rings. The van der Waals surface area contributed by atoms with Gasteiger partial charge in [-0.2, -0.15) is 8.42 Å². The Bertz CT molecular complexity index is 539. The minimum atomic E-state index is -3.63. The summed E-state index contributed by atoms with van der Waals surface area (Å²) in [5.74, 6) is 0.288. The standard InChI is InChI=1S/C15H23NO3S/c1-12-4-8-15(9-5-12)20(17,18)19-11-14-7-6-13(2)16(3)10-14/h4-5,8-9,13-14H,6-7,10-11H2,1-3H3/t13-,14?/m1/s1. The second-order valence-electron chi connectivity index (χ2n) is 5.78. The van der Waals surface area contributed by atoms with E-state index in [0.717, 1.165) is 24.9 Å². The lowest BCUT2D eigenvalue weighted by Gasteiger charge is -2.34. The maximum atomic E-state index is 12.1. The van der Waals surface area contributed by atoms with E-state index in [2.05, 4.69) is 18.9 Å². The molecule has 2 rings (SSSR count). The van der Waals surface area contributed by atoms with Gasteiger partial charge in [-0.1, -0.05) is 17.7 Å². The zero-order chi connectivity index (χ0) is 14.8. The van der Waals surface area contributed by atoms with Gasteiger partial charge in [0, 0.05) is 12.6 Å². The molecule has 0 N–H and O–H groups in total. The molecule has 1 saturated heterocycles. The van der Waals surface area contributed by atoms with Gasteiger partial charge in [0.1, 0.15) is 0 Å². The van der Waals surface area contributed by atoms with Crippen molar-refractivity contribution in [3.8, 4) is 0 Å². The van der Waals surface area contributed by atoms with Crippen molar-refractivity contribution in [1.29, 1.82) is 0 Å². The van der Waals surface area contributed by atoms with Gasteiger partial charge in [-0.15, -0.1) is 0 Å². The largest absolute Gasteiger partial charge is 0.303 e. The number of nitrogens with zero attached hydrogens (tertiary/aromatic N) is 1. The fraction of sp³-hybridized carbons (Fsp3) is 0.600. The lowest BCUT2D eigenvalue weighted by atomic mass is 9.95. The topological polar surface area (TPSA) is 46.6 Å². The molecule has 20 heavy (non-hydrogen) atoms. The van der Waals surface area contributed by atoms with Crippen LogP contribution in [0.3, 0.4) is 0 Å². The SMILES string of the molecule is Cc1ccc(S(=O)(=O)OCC2CC[C@@H](C)N(C)C2)cc1. The third-order valence-corrected chi connectivity index (χ3v) is 5.36. The molecule has 0 radical (unpaired) electrons. The van der Waals surface area contributed by atoms with Gasteiger partial charge in [0.05, 0.1) is 11.5 Å². The minimum absolute atomic E-state index is 0.237. The van der Waals surface area contributed by atoms with Crippen molar-refractivity contribution >= 4 is 10.1 Å². The molecule has 0 aromatic heterocycles. The van der Waals surface area contributed by atoms with E-state index in [1.807, 2.05) is 6.92 Å². The second-order valence-corrected chi connectivity index (χ2v) is 7.40. The molecule has 0 spiro atoms. The zero-order valence-corrected chi connectivity index (χ0v) is 13.2. The Morgan fingerprint density at radius 3 is 2.50 bits per heavy atom. The monoisotopic (exact) mass is 297 g/mol. The van der Waals surface area contributed by atoms with Crippen LogP contribution in [-0.2, 0) is 14.3 Å². The van der Waals surface area contributed by atoms with Gasteiger partial charge >= 0.3 is 0 Å². The average molecular weight is 297 g/mol. The molecular weight excluding hydrogens is 274 g/mol. The fourth-order valence-corrected chi connectivity index (χ4v) is 3.45. The van der Waals surface area contributed by atoms with Crippen LogP contribution in [0.1, 0.15) is 25.3 Å². The number of benzene rings is 1. The molecule has 0 aliphatic carbocycles. The van der Waals surface area contributed by atoms with E-state index < -0.39 is 10.1 Å². The molecule has 5 heteroatoms. The summed E-state index contributed by atoms with van der Waals surface area (Å²) >= 11 is 0. The van der Waals surface area contributed by atoms with Crippen LogP contribution in [-0.4, -0.2) is 39.6 Å². The van der Waals surface area contributed by atoms with E-state index in [1.54, 1.807) is 24.3 Å². The van der Waals surface area contributed by atoms with Gasteiger partial charge in [-0.3, -0.25) is 4.18 Å². The molecule has 0 saturated carbocycles. The van der Waals surface area contributed by atoms with Crippen LogP contribution in [0, 0.1) is 12.8 Å². The summed E-state index contributed by atoms with van der Waals surface area (Å²) < 4.78 is 29.4. The van der Waals surface area contributed by atoms with Crippen molar-refractivity contribution in [2.24, 2.45) is 5.92 Å². The lowest BCUT2D eigenvalue weighted by molar-refractivity contribution is 0.114. The van der Waals surface area contributed by atoms with E-state index in [1.165, 1.54) is 0 Å². The number of piperidine rings is 1. The van der Waals surface area contributed by atoms with E-state index in [9.17, 15) is 8.42 Å². The highest BCUT2D eigenvalue weighted by Gasteiger charge is 2.25. The summed E-state index contributed by atoms with van der Waals surface area (Å²) in [6, 6.07) is 7.33. The average Bonchev–Trinajstić information content (AvgIpc) is 2.41. The Balaban J connectivity index is 1.94. The third-order valence-electron chi connectivity index (χ3n) is 4.06. The highest BCUT2D eigenvalue weighted by Crippen LogP contribution is 2.22. The molecule has 4 nitrogen and oxygen atoms in total. The fourth-order valence-electron chi connectivity index (χ4n) is 2.47. The summed E-state index contributed by atoms with van der Waals surface area (Å²) in [7, 11) is -1.55. The maximum absolute atomic E-state index is 12.1. The van der Waals surface area contributed by atoms with Gasteiger partial charge in [0.25, 0.3) is 10.1 Å². The predicted octanol–water partition coefficient (Wildman–Crippen LogP) is 2.43. The highest BCUT2D eigenvalue weighted by molar-refractivity contribution is 7.86. The Kier molecular flexibility index (Phi) is 4.83. The quantitative estimate of drug-likeness (QED) is 0.801. The molecule has 1 fully saturated rings. The smallest absolute Gasteiger partial charge is 0.296 e. The molecular formula is C15H23NO3S. The Morgan fingerprint density at radius 1 is 1.25 bits per heavy atom. The van der Waals surface area contributed by atoms with Gasteiger partial charge < -0.3 is 4.90 Å². The normalized spacial score (nSPS) is 24.8. The van der Waals surface area contributed by atoms with Crippen molar-refractivity contribution in [1.82, 2.24) is 4.90 Å². The van der Waals surface area contributed by atoms with Crippen LogP contribution in [0.2, 0.25) is 0 Å². The van der Waals surface area contributed by atoms with Crippen LogP contribution in [0.25, 0.3) is 0 Å². The maximum Gasteiger partial charge on any atom is 0.296 e. The zero-order valence-electron chi connectivity index (χ0n) is 12.4. The first kappa shape index (κ1) is 15.5. The summed E-state index contributed by atoms with van der Waals surface area (Å²) in [5, 5.41) is 0. The van der Waals surface area contributed by atoms with Crippen molar-refractivity contribution in [2.75, 3.05) is 20.2 Å². The molecule has 0 bridgehead atoms. The number of likely N-dealkylation sites (tertiary alicyclic amines) is 1. The number of hydrogen-bond donors (Lipinski definition) is 0. The van der Waals surface area contributed by atoms with E-state index >= 15 is 0 Å². The van der Waals surface area contributed by atoms with E-state index in [-0.39, 0.29) is 17.4 Å². The molecule has 112 valence electrons. The lowest BCUT2D eigenvalue weighted by Crippen LogP contribution is -2.40. The first-order valence-electron chi connectivity index (χ1n) is 7.05. The first-order valence-corrected chi connectivity index (χ1v) is 8.45. The van der Waals surface area contributed by atoms with Crippen molar-refractivity contribution in [2.45, 2.75) is 37.6 Å². The van der Waals surface area contributed by atoms with E-state index in [4.69, 9.17) is 4.18 Å². The van der Waals surface area contributed by atoms with Crippen LogP contribution in [0.5, 0.6) is 0 Å². The number of aryl methyl sites for hydroxylation is 1. The summed E-state index contributed by atoms with van der Waals surface area (Å²) in [4.78, 5) is 2.50. The van der Waals surface area contributed by atoms with Gasteiger partial charge in [0.15, 0.2) is 0 Å². The Morgan fingerprint density at radius 2 is 1.90 bits per heavy atom. The van der Waals surface area contributed by atoms with E-state index in [0.29, 0.717) is 6.04 Å². The predicted molar refractivity (Wildman–Crippen MR) is 79.1 cm³/mol. The highest BCUT2D eigenvalue weighted by atomic mass is 32.2. The molecule has 1 aromatic carbocycles. The number of rotatable bonds is 4. The van der Waals surface area contributed by atoms with Crippen molar-refractivity contribution in [3.05, 3.63) is 29.8 Å². The molecule has 1 heterocycles. The van der Waals surface area contributed by atoms with Gasteiger partial charge in [-0.05, 0) is 51.8 Å². The minimum Gasteiger partial charge on any atom is -0.303 e. The Labute approximate surface area is 121 Å². The first-order chi connectivity index (χ1) is 9.38. The Hall–Kier alpha value is -0.910. The van der Waals surface area contributed by atoms with Crippen LogP contribution < -0.4 is 0 Å². The summed E-state index contributed by atoms with van der Waals surface area (Å²) in [6.45, 7) is 5.29. The van der Waals surface area contributed by atoms with Gasteiger partial charge in [0.2, 0.25) is 0 Å².